The van der Waals surface area contributed by atoms with E-state index in [-0.39, 0.29) is 24.9 Å². The monoisotopic (exact) mass is 386 g/mol. The fourth-order valence-electron chi connectivity index (χ4n) is 3.50. The molecule has 1 aliphatic carbocycles. The summed E-state index contributed by atoms with van der Waals surface area (Å²) in [5, 5.41) is 10.5. The molecule has 148 valence electrons. The standard InChI is InChI=1S/C20H22F4O3/c1-4-8-19(12-25,20(22,23)24)14-7-9-18(2,11-16(14)26)13-5-6-15(21)17(10-13)27-3/h5-7,9-10,12,26H,4,8,11H2,1-3H3. The van der Waals surface area contributed by atoms with Crippen molar-refractivity contribution in [1.82, 2.24) is 0 Å². The highest BCUT2D eigenvalue weighted by atomic mass is 19.4. The van der Waals surface area contributed by atoms with Crippen molar-refractivity contribution < 1.29 is 32.2 Å². The number of hydrogen-bond acceptors (Lipinski definition) is 3. The third-order valence-corrected chi connectivity index (χ3v) is 5.11. The van der Waals surface area contributed by atoms with Crippen molar-refractivity contribution in [2.75, 3.05) is 7.11 Å². The normalized spacial score (nSPS) is 22.5. The summed E-state index contributed by atoms with van der Waals surface area (Å²) < 4.78 is 59.7. The van der Waals surface area contributed by atoms with Crippen LogP contribution in [0.15, 0.2) is 41.7 Å². The van der Waals surface area contributed by atoms with E-state index < -0.39 is 40.6 Å². The lowest BCUT2D eigenvalue weighted by Gasteiger charge is -2.37. The molecule has 0 heterocycles. The van der Waals surface area contributed by atoms with Crippen molar-refractivity contribution in [3.8, 4) is 5.75 Å². The van der Waals surface area contributed by atoms with Crippen LogP contribution < -0.4 is 4.74 Å². The molecule has 7 heteroatoms. The maximum absolute atomic E-state index is 13.7. The second kappa shape index (κ2) is 7.37. The summed E-state index contributed by atoms with van der Waals surface area (Å²) in [6.45, 7) is 3.25. The minimum atomic E-state index is -4.83. The van der Waals surface area contributed by atoms with Gasteiger partial charge >= 0.3 is 6.18 Å². The van der Waals surface area contributed by atoms with Crippen LogP contribution in [-0.2, 0) is 10.2 Å². The third-order valence-electron chi connectivity index (χ3n) is 5.11. The number of aliphatic hydroxyl groups is 1. The van der Waals surface area contributed by atoms with E-state index in [2.05, 4.69) is 0 Å². The highest BCUT2D eigenvalue weighted by molar-refractivity contribution is 5.69. The molecule has 1 N–H and O–H groups in total. The second-order valence-corrected chi connectivity index (χ2v) is 6.97. The summed E-state index contributed by atoms with van der Waals surface area (Å²) in [7, 11) is 1.31. The summed E-state index contributed by atoms with van der Waals surface area (Å²) in [6, 6.07) is 4.13. The molecule has 2 unspecified atom stereocenters. The zero-order valence-electron chi connectivity index (χ0n) is 15.4. The number of aliphatic hydroxyl groups excluding tert-OH is 1. The number of benzene rings is 1. The van der Waals surface area contributed by atoms with Crippen LogP contribution in [0, 0.1) is 11.2 Å². The molecule has 27 heavy (non-hydrogen) atoms. The molecular weight excluding hydrogens is 364 g/mol. The summed E-state index contributed by atoms with van der Waals surface area (Å²) in [5.41, 5.74) is -3.48. The van der Waals surface area contributed by atoms with Crippen molar-refractivity contribution in [2.45, 2.75) is 44.7 Å². The fraction of sp³-hybridized carbons (Fsp3) is 0.450. The zero-order chi connectivity index (χ0) is 20.5. The summed E-state index contributed by atoms with van der Waals surface area (Å²) in [6.07, 6.45) is -2.77. The van der Waals surface area contributed by atoms with Crippen molar-refractivity contribution in [3.63, 3.8) is 0 Å². The largest absolute Gasteiger partial charge is 0.512 e. The Labute approximate surface area is 155 Å². The number of ether oxygens (including phenoxy) is 1. The van der Waals surface area contributed by atoms with Gasteiger partial charge in [0.25, 0.3) is 0 Å². The maximum atomic E-state index is 13.7. The van der Waals surface area contributed by atoms with Crippen molar-refractivity contribution in [2.24, 2.45) is 5.41 Å². The molecule has 0 radical (unpaired) electrons. The lowest BCUT2D eigenvalue weighted by molar-refractivity contribution is -0.204. The van der Waals surface area contributed by atoms with Gasteiger partial charge in [-0.05, 0) is 24.1 Å². The maximum Gasteiger partial charge on any atom is 0.405 e. The number of carbonyl (C=O) groups is 1. The number of halogens is 4. The molecule has 1 aromatic carbocycles. The van der Waals surface area contributed by atoms with Gasteiger partial charge in [0.2, 0.25) is 0 Å². The quantitative estimate of drug-likeness (QED) is 0.525. The molecule has 1 aliphatic rings. The van der Waals surface area contributed by atoms with Crippen LogP contribution in [-0.4, -0.2) is 24.7 Å². The van der Waals surface area contributed by atoms with Crippen LogP contribution in [0.3, 0.4) is 0 Å². The summed E-state index contributed by atoms with van der Waals surface area (Å²) in [4.78, 5) is 11.5. The fourth-order valence-corrected chi connectivity index (χ4v) is 3.50. The molecule has 0 spiro atoms. The van der Waals surface area contributed by atoms with E-state index in [0.29, 0.717) is 5.56 Å². The number of carbonyl (C=O) groups excluding carboxylic acids is 1. The smallest absolute Gasteiger partial charge is 0.405 e. The first-order chi connectivity index (χ1) is 12.5. The minimum absolute atomic E-state index is 0.0000887. The van der Waals surface area contributed by atoms with Crippen LogP contribution in [0.5, 0.6) is 5.75 Å². The minimum Gasteiger partial charge on any atom is -0.512 e. The van der Waals surface area contributed by atoms with Gasteiger partial charge in [-0.15, -0.1) is 0 Å². The van der Waals surface area contributed by atoms with Crippen LogP contribution in [0.2, 0.25) is 0 Å². The topological polar surface area (TPSA) is 46.5 Å². The molecule has 0 amide bonds. The summed E-state index contributed by atoms with van der Waals surface area (Å²) in [5.74, 6) is -1.06. The van der Waals surface area contributed by atoms with Crippen LogP contribution in [0.1, 0.15) is 38.7 Å². The van der Waals surface area contributed by atoms with E-state index in [1.807, 2.05) is 0 Å². The Hall–Kier alpha value is -2.31. The SMILES string of the molecule is CCCC(C=O)(C1=C(O)CC(C)(c2ccc(F)c(OC)c2)C=C1)C(F)(F)F. The average molecular weight is 386 g/mol. The molecular formula is C20H22F4O3. The van der Waals surface area contributed by atoms with Gasteiger partial charge in [0.05, 0.1) is 12.9 Å². The lowest BCUT2D eigenvalue weighted by atomic mass is 9.68. The van der Waals surface area contributed by atoms with Gasteiger partial charge in [-0.3, -0.25) is 0 Å². The molecule has 0 bridgehead atoms. The van der Waals surface area contributed by atoms with Gasteiger partial charge in [0.1, 0.15) is 11.7 Å². The molecule has 0 aliphatic heterocycles. The highest BCUT2D eigenvalue weighted by Gasteiger charge is 2.57. The Morgan fingerprint density at radius 1 is 1.33 bits per heavy atom. The first kappa shape index (κ1) is 21.0. The molecule has 1 aromatic rings. The Bertz CT molecular complexity index is 782. The van der Waals surface area contributed by atoms with Crippen molar-refractivity contribution >= 4 is 6.29 Å². The molecule has 3 nitrogen and oxygen atoms in total. The third kappa shape index (κ3) is 3.59. The van der Waals surface area contributed by atoms with Crippen molar-refractivity contribution in [3.05, 3.63) is 53.1 Å². The predicted molar refractivity (Wildman–Crippen MR) is 93.2 cm³/mol. The van der Waals surface area contributed by atoms with E-state index in [0.717, 1.165) is 6.08 Å². The number of rotatable bonds is 6. The Balaban J connectivity index is 2.50. The first-order valence-electron chi connectivity index (χ1n) is 8.53. The molecule has 2 atom stereocenters. The number of methoxy groups -OCH3 is 1. The average Bonchev–Trinajstić information content (AvgIpc) is 2.59. The van der Waals surface area contributed by atoms with Gasteiger partial charge in [0.15, 0.2) is 11.6 Å². The number of hydrogen-bond donors (Lipinski definition) is 1. The number of aldehydes is 1. The van der Waals surface area contributed by atoms with Gasteiger partial charge in [-0.1, -0.05) is 38.5 Å². The number of alkyl halides is 3. The molecule has 0 saturated heterocycles. The van der Waals surface area contributed by atoms with E-state index >= 15 is 0 Å². The molecule has 0 fully saturated rings. The Kier molecular flexibility index (Phi) is 5.73. The van der Waals surface area contributed by atoms with Gasteiger partial charge in [-0.2, -0.15) is 13.2 Å². The highest BCUT2D eigenvalue weighted by Crippen LogP contribution is 2.51. The van der Waals surface area contributed by atoms with Crippen LogP contribution >= 0.6 is 0 Å². The van der Waals surface area contributed by atoms with Gasteiger partial charge in [-0.25, -0.2) is 4.39 Å². The molecule has 0 aromatic heterocycles. The summed E-state index contributed by atoms with van der Waals surface area (Å²) >= 11 is 0. The predicted octanol–water partition coefficient (Wildman–Crippen LogP) is 5.41. The van der Waals surface area contributed by atoms with Gasteiger partial charge < -0.3 is 14.6 Å². The zero-order valence-corrected chi connectivity index (χ0v) is 15.4. The molecule has 0 saturated carbocycles. The van der Waals surface area contributed by atoms with E-state index in [1.165, 1.54) is 31.4 Å². The first-order valence-corrected chi connectivity index (χ1v) is 8.53. The van der Waals surface area contributed by atoms with E-state index in [1.54, 1.807) is 13.8 Å². The van der Waals surface area contributed by atoms with Crippen LogP contribution in [0.4, 0.5) is 17.6 Å². The molecule has 2 rings (SSSR count). The Morgan fingerprint density at radius 3 is 2.48 bits per heavy atom. The number of allylic oxidation sites excluding steroid dienone is 4. The van der Waals surface area contributed by atoms with E-state index in [4.69, 9.17) is 4.74 Å². The van der Waals surface area contributed by atoms with Crippen LogP contribution in [0.25, 0.3) is 0 Å². The lowest BCUT2D eigenvalue weighted by Crippen LogP contribution is -2.42. The van der Waals surface area contributed by atoms with Gasteiger partial charge in [0, 0.05) is 17.4 Å². The van der Waals surface area contributed by atoms with E-state index in [9.17, 15) is 27.5 Å². The van der Waals surface area contributed by atoms with Crippen molar-refractivity contribution in [1.29, 1.82) is 0 Å². The Morgan fingerprint density at radius 2 is 2.00 bits per heavy atom. The second-order valence-electron chi connectivity index (χ2n) is 6.97.